The van der Waals surface area contributed by atoms with Crippen molar-refractivity contribution in [2.75, 3.05) is 18.1 Å². The number of benzene rings is 1. The van der Waals surface area contributed by atoms with Gasteiger partial charge in [-0.3, -0.25) is 4.79 Å². The lowest BCUT2D eigenvalue weighted by atomic mass is 10.2. The molecule has 1 amide bonds. The molecule has 0 fully saturated rings. The Morgan fingerprint density at radius 1 is 1.59 bits per heavy atom. The highest BCUT2D eigenvalue weighted by atomic mass is 32.2. The maximum absolute atomic E-state index is 13.3. The molecule has 1 aromatic carbocycles. The number of hydrogen-bond donors (Lipinski definition) is 2. The van der Waals surface area contributed by atoms with Gasteiger partial charge < -0.3 is 10.4 Å². The molecule has 0 radical (unpaired) electrons. The number of phenols is 1. The zero-order valence-electron chi connectivity index (χ0n) is 9.28. The molecule has 0 unspecified atom stereocenters. The molecule has 92 valence electrons. The van der Waals surface area contributed by atoms with E-state index in [1.165, 1.54) is 12.1 Å². The van der Waals surface area contributed by atoms with E-state index in [0.29, 0.717) is 12.3 Å². The summed E-state index contributed by atoms with van der Waals surface area (Å²) in [5.41, 5.74) is -0.304. The summed E-state index contributed by atoms with van der Waals surface area (Å²) in [6.07, 6.45) is 1.77. The minimum absolute atomic E-state index is 0.304. The molecule has 0 aliphatic carbocycles. The third kappa shape index (κ3) is 4.11. The second-order valence-corrected chi connectivity index (χ2v) is 4.40. The molecule has 0 bridgehead atoms. The van der Waals surface area contributed by atoms with Crippen LogP contribution in [0.25, 0.3) is 0 Å². The van der Waals surface area contributed by atoms with E-state index >= 15 is 0 Å². The average Bonchev–Trinajstić information content (AvgIpc) is 2.28. The molecule has 0 aliphatic heterocycles. The van der Waals surface area contributed by atoms with Crippen LogP contribution in [-0.2, 0) is 0 Å². The van der Waals surface area contributed by atoms with Gasteiger partial charge in [-0.05, 0) is 12.1 Å². The first-order valence-corrected chi connectivity index (χ1v) is 6.26. The number of amides is 1. The average molecular weight is 255 g/mol. The van der Waals surface area contributed by atoms with Crippen molar-refractivity contribution in [2.24, 2.45) is 0 Å². The van der Waals surface area contributed by atoms with Crippen LogP contribution in [0, 0.1) is 5.82 Å². The Labute approximate surface area is 104 Å². The highest BCUT2D eigenvalue weighted by molar-refractivity contribution is 7.99. The highest BCUT2D eigenvalue weighted by Gasteiger charge is 2.15. The number of rotatable bonds is 6. The van der Waals surface area contributed by atoms with Gasteiger partial charge in [0.2, 0.25) is 0 Å². The Balaban J connectivity index is 2.50. The molecule has 0 saturated carbocycles. The summed E-state index contributed by atoms with van der Waals surface area (Å²) < 4.78 is 13.3. The first-order valence-electron chi connectivity index (χ1n) is 5.11. The third-order valence-corrected chi connectivity index (χ3v) is 2.95. The topological polar surface area (TPSA) is 49.3 Å². The Morgan fingerprint density at radius 3 is 3.00 bits per heavy atom. The molecular formula is C12H14FNO2S. The first kappa shape index (κ1) is 13.6. The Bertz CT molecular complexity index is 389. The molecule has 2 N–H and O–H groups in total. The Morgan fingerprint density at radius 2 is 2.35 bits per heavy atom. The van der Waals surface area contributed by atoms with Crippen molar-refractivity contribution in [2.45, 2.75) is 0 Å². The summed E-state index contributed by atoms with van der Waals surface area (Å²) in [6, 6.07) is 3.77. The Kier molecular flexibility index (Phi) is 5.56. The van der Waals surface area contributed by atoms with Crippen molar-refractivity contribution in [3.63, 3.8) is 0 Å². The van der Waals surface area contributed by atoms with Gasteiger partial charge in [0.1, 0.15) is 17.1 Å². The molecule has 0 aliphatic rings. The fourth-order valence-corrected chi connectivity index (χ4v) is 1.81. The molecule has 0 saturated heterocycles. The summed E-state index contributed by atoms with van der Waals surface area (Å²) in [5, 5.41) is 11.9. The van der Waals surface area contributed by atoms with Crippen LogP contribution in [0.3, 0.4) is 0 Å². The Hall–Kier alpha value is -1.49. The SMILES string of the molecule is C=CCSCCNC(=O)c1c(O)cccc1F. The van der Waals surface area contributed by atoms with Crippen molar-refractivity contribution < 1.29 is 14.3 Å². The van der Waals surface area contributed by atoms with Gasteiger partial charge in [0.25, 0.3) is 5.91 Å². The molecule has 0 atom stereocenters. The van der Waals surface area contributed by atoms with Gasteiger partial charge in [-0.25, -0.2) is 4.39 Å². The molecule has 1 aromatic rings. The van der Waals surface area contributed by atoms with Crippen LogP contribution in [0.4, 0.5) is 4.39 Å². The van der Waals surface area contributed by atoms with Crippen molar-refractivity contribution in [3.8, 4) is 5.75 Å². The van der Waals surface area contributed by atoms with Crippen molar-refractivity contribution >= 4 is 17.7 Å². The van der Waals surface area contributed by atoms with Crippen molar-refractivity contribution in [1.82, 2.24) is 5.32 Å². The van der Waals surface area contributed by atoms with Crippen LogP contribution in [0.1, 0.15) is 10.4 Å². The highest BCUT2D eigenvalue weighted by Crippen LogP contribution is 2.19. The quantitative estimate of drug-likeness (QED) is 0.605. The van der Waals surface area contributed by atoms with Crippen molar-refractivity contribution in [3.05, 3.63) is 42.2 Å². The first-order chi connectivity index (χ1) is 8.16. The second kappa shape index (κ2) is 6.96. The predicted octanol–water partition coefficient (Wildman–Crippen LogP) is 2.18. The van der Waals surface area contributed by atoms with Gasteiger partial charge in [0, 0.05) is 18.1 Å². The van der Waals surface area contributed by atoms with Gasteiger partial charge in [-0.1, -0.05) is 12.1 Å². The van der Waals surface area contributed by atoms with Gasteiger partial charge >= 0.3 is 0 Å². The van der Waals surface area contributed by atoms with E-state index in [9.17, 15) is 14.3 Å². The number of carbonyl (C=O) groups is 1. The largest absolute Gasteiger partial charge is 0.507 e. The van der Waals surface area contributed by atoms with E-state index in [2.05, 4.69) is 11.9 Å². The smallest absolute Gasteiger partial charge is 0.258 e. The monoisotopic (exact) mass is 255 g/mol. The predicted molar refractivity (Wildman–Crippen MR) is 67.9 cm³/mol. The normalized spacial score (nSPS) is 9.94. The molecule has 0 spiro atoms. The fraction of sp³-hybridized carbons (Fsp3) is 0.250. The standard InChI is InChI=1S/C12H14FNO2S/c1-2-7-17-8-6-14-12(16)11-9(13)4-3-5-10(11)15/h2-5,15H,1,6-8H2,(H,14,16). The zero-order valence-corrected chi connectivity index (χ0v) is 10.1. The van der Waals surface area contributed by atoms with Crippen LogP contribution in [0.2, 0.25) is 0 Å². The molecule has 0 aromatic heterocycles. The van der Waals surface area contributed by atoms with Crippen LogP contribution in [-0.4, -0.2) is 29.1 Å². The molecular weight excluding hydrogens is 241 g/mol. The number of aromatic hydroxyl groups is 1. The van der Waals surface area contributed by atoms with Crippen LogP contribution in [0.5, 0.6) is 5.75 Å². The van der Waals surface area contributed by atoms with Crippen LogP contribution < -0.4 is 5.32 Å². The summed E-state index contributed by atoms with van der Waals surface area (Å²) in [5.74, 6) is -0.143. The number of hydrogen-bond acceptors (Lipinski definition) is 3. The number of thioether (sulfide) groups is 1. The van der Waals surface area contributed by atoms with E-state index in [1.807, 2.05) is 0 Å². The lowest BCUT2D eigenvalue weighted by molar-refractivity contribution is 0.0949. The number of phenolic OH excluding ortho intramolecular Hbond substituents is 1. The van der Waals surface area contributed by atoms with Gasteiger partial charge in [-0.15, -0.1) is 6.58 Å². The number of halogens is 1. The molecule has 3 nitrogen and oxygen atoms in total. The summed E-state index contributed by atoms with van der Waals surface area (Å²) in [7, 11) is 0. The summed E-state index contributed by atoms with van der Waals surface area (Å²) in [4.78, 5) is 11.6. The van der Waals surface area contributed by atoms with E-state index in [0.717, 1.165) is 11.8 Å². The summed E-state index contributed by atoms with van der Waals surface area (Å²) in [6.45, 7) is 4.00. The molecule has 17 heavy (non-hydrogen) atoms. The maximum Gasteiger partial charge on any atom is 0.258 e. The zero-order chi connectivity index (χ0) is 12.7. The van der Waals surface area contributed by atoms with E-state index in [4.69, 9.17) is 0 Å². The third-order valence-electron chi connectivity index (χ3n) is 1.99. The molecule has 0 heterocycles. The van der Waals surface area contributed by atoms with E-state index in [-0.39, 0.29) is 11.3 Å². The maximum atomic E-state index is 13.3. The number of carbonyl (C=O) groups excluding carboxylic acids is 1. The minimum atomic E-state index is -0.721. The van der Waals surface area contributed by atoms with E-state index in [1.54, 1.807) is 17.8 Å². The lowest BCUT2D eigenvalue weighted by Crippen LogP contribution is -2.26. The molecule has 1 rings (SSSR count). The lowest BCUT2D eigenvalue weighted by Gasteiger charge is -2.07. The van der Waals surface area contributed by atoms with E-state index < -0.39 is 11.7 Å². The minimum Gasteiger partial charge on any atom is -0.507 e. The van der Waals surface area contributed by atoms with Crippen LogP contribution in [0.15, 0.2) is 30.9 Å². The number of nitrogens with one attached hydrogen (secondary N) is 1. The van der Waals surface area contributed by atoms with Crippen molar-refractivity contribution in [1.29, 1.82) is 0 Å². The van der Waals surface area contributed by atoms with Gasteiger partial charge in [0.15, 0.2) is 0 Å². The van der Waals surface area contributed by atoms with Gasteiger partial charge in [-0.2, -0.15) is 11.8 Å². The summed E-state index contributed by atoms with van der Waals surface area (Å²) >= 11 is 1.61. The fourth-order valence-electron chi connectivity index (χ4n) is 1.23. The van der Waals surface area contributed by atoms with Crippen LogP contribution >= 0.6 is 11.8 Å². The van der Waals surface area contributed by atoms with Gasteiger partial charge in [0.05, 0.1) is 0 Å². The second-order valence-electron chi connectivity index (χ2n) is 3.25. The molecule has 5 heteroatoms.